The van der Waals surface area contributed by atoms with Gasteiger partial charge in [-0.3, -0.25) is 14.4 Å². The zero-order valence-corrected chi connectivity index (χ0v) is 22.5. The van der Waals surface area contributed by atoms with E-state index < -0.39 is 5.82 Å². The van der Waals surface area contributed by atoms with Crippen LogP contribution in [-0.4, -0.2) is 47.4 Å². The van der Waals surface area contributed by atoms with Gasteiger partial charge in [-0.25, -0.2) is 4.39 Å². The third-order valence-corrected chi connectivity index (χ3v) is 7.16. The van der Waals surface area contributed by atoms with E-state index in [1.807, 2.05) is 0 Å². The van der Waals surface area contributed by atoms with Crippen LogP contribution in [0.15, 0.2) is 88.3 Å². The van der Waals surface area contributed by atoms with Crippen molar-refractivity contribution in [2.45, 2.75) is 32.0 Å². The Hall–Kier alpha value is -4.01. The molecule has 9 heteroatoms. The molecule has 0 aliphatic carbocycles. The summed E-state index contributed by atoms with van der Waals surface area (Å²) in [5, 5.41) is 0.907. The van der Waals surface area contributed by atoms with Gasteiger partial charge in [0, 0.05) is 30.3 Å². The molecular formula is C31H28ClFN2O5. The SMILES string of the molecule is O=C(CN(C[C@@H]1CCCO1)C(=O)c1ccc(Cl)cc1)N(Cc1ccc(F)cc1)Cc1coc2ccccc2c1=O. The first-order valence-corrected chi connectivity index (χ1v) is 13.4. The van der Waals surface area contributed by atoms with Crippen LogP contribution in [0.5, 0.6) is 0 Å². The molecule has 4 aromatic rings. The van der Waals surface area contributed by atoms with Crippen LogP contribution < -0.4 is 5.43 Å². The van der Waals surface area contributed by atoms with E-state index in [1.54, 1.807) is 60.7 Å². The van der Waals surface area contributed by atoms with E-state index >= 15 is 0 Å². The molecular weight excluding hydrogens is 535 g/mol. The molecule has 40 heavy (non-hydrogen) atoms. The minimum absolute atomic E-state index is 0.0493. The molecule has 0 N–H and O–H groups in total. The van der Waals surface area contributed by atoms with Crippen molar-refractivity contribution in [3.8, 4) is 0 Å². The first kappa shape index (κ1) is 27.6. The van der Waals surface area contributed by atoms with Gasteiger partial charge in [-0.15, -0.1) is 0 Å². The number of benzene rings is 3. The maximum absolute atomic E-state index is 13.8. The zero-order valence-electron chi connectivity index (χ0n) is 21.7. The van der Waals surface area contributed by atoms with Gasteiger partial charge in [0.15, 0.2) is 5.43 Å². The quantitative estimate of drug-likeness (QED) is 0.271. The summed E-state index contributed by atoms with van der Waals surface area (Å²) >= 11 is 6.01. The smallest absolute Gasteiger partial charge is 0.254 e. The van der Waals surface area contributed by atoms with Crippen molar-refractivity contribution in [3.05, 3.63) is 117 Å². The van der Waals surface area contributed by atoms with Crippen molar-refractivity contribution < 1.29 is 23.1 Å². The summed E-state index contributed by atoms with van der Waals surface area (Å²) in [4.78, 5) is 43.5. The van der Waals surface area contributed by atoms with Crippen LogP contribution >= 0.6 is 11.6 Å². The van der Waals surface area contributed by atoms with Gasteiger partial charge in [0.05, 0.1) is 29.9 Å². The van der Waals surface area contributed by atoms with Crippen LogP contribution in [0.1, 0.15) is 34.3 Å². The fraction of sp³-hybridized carbons (Fsp3) is 0.258. The maximum Gasteiger partial charge on any atom is 0.254 e. The molecule has 0 bridgehead atoms. The van der Waals surface area contributed by atoms with Gasteiger partial charge in [0.1, 0.15) is 17.9 Å². The molecule has 7 nitrogen and oxygen atoms in total. The second-order valence-corrected chi connectivity index (χ2v) is 10.2. The summed E-state index contributed by atoms with van der Waals surface area (Å²) < 4.78 is 25.0. The fourth-order valence-electron chi connectivity index (χ4n) is 4.77. The van der Waals surface area contributed by atoms with Crippen LogP contribution in [0.4, 0.5) is 4.39 Å². The van der Waals surface area contributed by atoms with E-state index in [0.717, 1.165) is 12.8 Å². The lowest BCUT2D eigenvalue weighted by atomic mass is 10.1. The first-order chi connectivity index (χ1) is 19.4. The summed E-state index contributed by atoms with van der Waals surface area (Å²) in [6, 6.07) is 19.2. The molecule has 1 atom stereocenters. The number of ether oxygens (including phenoxy) is 1. The summed E-state index contributed by atoms with van der Waals surface area (Å²) in [5.74, 6) is -1.10. The predicted octanol–water partition coefficient (Wildman–Crippen LogP) is 5.44. The van der Waals surface area contributed by atoms with Gasteiger partial charge in [-0.1, -0.05) is 35.9 Å². The number of hydrogen-bond acceptors (Lipinski definition) is 5. The van der Waals surface area contributed by atoms with Crippen LogP contribution in [0.2, 0.25) is 5.02 Å². The Morgan fingerprint density at radius 2 is 1.70 bits per heavy atom. The molecule has 1 aliphatic heterocycles. The highest BCUT2D eigenvalue weighted by atomic mass is 35.5. The molecule has 0 spiro atoms. The topological polar surface area (TPSA) is 80.1 Å². The maximum atomic E-state index is 13.8. The van der Waals surface area contributed by atoms with Crippen molar-refractivity contribution in [2.24, 2.45) is 0 Å². The van der Waals surface area contributed by atoms with Gasteiger partial charge in [0.25, 0.3) is 5.91 Å². The third-order valence-electron chi connectivity index (χ3n) is 6.90. The van der Waals surface area contributed by atoms with E-state index in [-0.39, 0.29) is 49.5 Å². The summed E-state index contributed by atoms with van der Waals surface area (Å²) in [6.45, 7) is 0.674. The number of rotatable bonds is 9. The summed E-state index contributed by atoms with van der Waals surface area (Å²) in [5.41, 5.74) is 1.57. The lowest BCUT2D eigenvalue weighted by Crippen LogP contribution is -2.45. The zero-order chi connectivity index (χ0) is 28.1. The van der Waals surface area contributed by atoms with E-state index in [4.69, 9.17) is 20.8 Å². The van der Waals surface area contributed by atoms with Crippen molar-refractivity contribution in [1.82, 2.24) is 9.80 Å². The van der Waals surface area contributed by atoms with Crippen molar-refractivity contribution in [3.63, 3.8) is 0 Å². The second-order valence-electron chi connectivity index (χ2n) is 9.79. The Morgan fingerprint density at radius 1 is 0.950 bits per heavy atom. The van der Waals surface area contributed by atoms with Gasteiger partial charge in [-0.05, 0) is 66.9 Å². The molecule has 1 fully saturated rings. The Labute approximate surface area is 235 Å². The van der Waals surface area contributed by atoms with Gasteiger partial charge >= 0.3 is 0 Å². The van der Waals surface area contributed by atoms with Gasteiger partial charge < -0.3 is 19.0 Å². The third kappa shape index (κ3) is 6.58. The largest absolute Gasteiger partial charge is 0.464 e. The van der Waals surface area contributed by atoms with Crippen LogP contribution in [0.3, 0.4) is 0 Å². The lowest BCUT2D eigenvalue weighted by molar-refractivity contribution is -0.133. The Balaban J connectivity index is 1.43. The molecule has 5 rings (SSSR count). The molecule has 1 aromatic heterocycles. The highest BCUT2D eigenvalue weighted by Crippen LogP contribution is 2.19. The van der Waals surface area contributed by atoms with Crippen LogP contribution in [0.25, 0.3) is 11.0 Å². The second kappa shape index (κ2) is 12.4. The normalized spacial score (nSPS) is 14.8. The average molecular weight is 563 g/mol. The van der Waals surface area contributed by atoms with Crippen molar-refractivity contribution >= 4 is 34.4 Å². The highest BCUT2D eigenvalue weighted by molar-refractivity contribution is 6.30. The van der Waals surface area contributed by atoms with Crippen molar-refractivity contribution in [2.75, 3.05) is 19.7 Å². The van der Waals surface area contributed by atoms with Gasteiger partial charge in [0.2, 0.25) is 5.91 Å². The molecule has 206 valence electrons. The van der Waals surface area contributed by atoms with Gasteiger partial charge in [-0.2, -0.15) is 0 Å². The average Bonchev–Trinajstić information content (AvgIpc) is 3.48. The number of fused-ring (bicyclic) bond motifs is 1. The van der Waals surface area contributed by atoms with E-state index in [0.29, 0.717) is 39.3 Å². The number of hydrogen-bond donors (Lipinski definition) is 0. The molecule has 0 radical (unpaired) electrons. The van der Waals surface area contributed by atoms with Crippen LogP contribution in [-0.2, 0) is 22.6 Å². The Morgan fingerprint density at radius 3 is 2.42 bits per heavy atom. The standard InChI is InChI=1S/C31H28ClFN2O5/c32-24-11-9-22(10-12-24)31(38)35(18-26-4-3-15-39-26)19-29(36)34(16-21-7-13-25(33)14-8-21)17-23-20-40-28-6-2-1-5-27(28)30(23)37/h1-2,5-14,20,26H,3-4,15-19H2/t26-/m0/s1. The lowest BCUT2D eigenvalue weighted by Gasteiger charge is -2.29. The Kier molecular flexibility index (Phi) is 8.57. The molecule has 1 saturated heterocycles. The number of halogens is 2. The summed E-state index contributed by atoms with van der Waals surface area (Å²) in [7, 11) is 0. The molecule has 3 aromatic carbocycles. The monoisotopic (exact) mass is 562 g/mol. The minimum atomic E-state index is -0.395. The van der Waals surface area contributed by atoms with E-state index in [2.05, 4.69) is 0 Å². The fourth-order valence-corrected chi connectivity index (χ4v) is 4.89. The van der Waals surface area contributed by atoms with E-state index in [1.165, 1.54) is 28.2 Å². The molecule has 2 amide bonds. The Bertz CT molecular complexity index is 1550. The van der Waals surface area contributed by atoms with E-state index in [9.17, 15) is 18.8 Å². The summed E-state index contributed by atoms with van der Waals surface area (Å²) in [6.07, 6.45) is 2.85. The highest BCUT2D eigenvalue weighted by Gasteiger charge is 2.28. The number of nitrogens with zero attached hydrogens (tertiary/aromatic N) is 2. The molecule has 2 heterocycles. The number of para-hydroxylation sites is 1. The first-order valence-electron chi connectivity index (χ1n) is 13.1. The molecule has 0 unspecified atom stereocenters. The number of amides is 2. The number of carbonyl (C=O) groups is 2. The van der Waals surface area contributed by atoms with Crippen molar-refractivity contribution in [1.29, 1.82) is 0 Å². The minimum Gasteiger partial charge on any atom is -0.464 e. The molecule has 1 aliphatic rings. The van der Waals surface area contributed by atoms with Crippen LogP contribution in [0, 0.1) is 5.82 Å². The predicted molar refractivity (Wildman–Crippen MR) is 149 cm³/mol. The molecule has 0 saturated carbocycles. The number of carbonyl (C=O) groups excluding carboxylic acids is 2.